The minimum absolute atomic E-state index is 0.0362. The van der Waals surface area contributed by atoms with E-state index in [9.17, 15) is 33.7 Å². The zero-order valence-electron chi connectivity index (χ0n) is 14.6. The Labute approximate surface area is 164 Å². The molecule has 2 heterocycles. The SMILES string of the molecule is O=S1(=O)CCC(S(=O)(=O)Nc2ccccc2NS(=O)(=O)C2CCS(=O)(=O)C2)C1. The fraction of sp³-hybridized carbons (Fsp3) is 0.571. The van der Waals surface area contributed by atoms with Crippen LogP contribution in [0, 0.1) is 0 Å². The van der Waals surface area contributed by atoms with Crippen LogP contribution >= 0.6 is 0 Å². The molecule has 2 fully saturated rings. The van der Waals surface area contributed by atoms with Crippen LogP contribution in [0.15, 0.2) is 24.3 Å². The van der Waals surface area contributed by atoms with E-state index in [1.54, 1.807) is 0 Å². The highest BCUT2D eigenvalue weighted by Crippen LogP contribution is 2.29. The summed E-state index contributed by atoms with van der Waals surface area (Å²) in [7, 11) is -15.0. The molecule has 0 spiro atoms. The maximum absolute atomic E-state index is 12.5. The highest BCUT2D eigenvalue weighted by molar-refractivity contribution is 7.97. The second-order valence-corrected chi connectivity index (χ2v) is 15.3. The van der Waals surface area contributed by atoms with E-state index in [1.165, 1.54) is 24.3 Å². The van der Waals surface area contributed by atoms with Gasteiger partial charge in [-0.15, -0.1) is 0 Å². The van der Waals surface area contributed by atoms with Gasteiger partial charge in [0.2, 0.25) is 20.0 Å². The molecule has 14 heteroatoms. The Hall–Kier alpha value is -1.38. The van der Waals surface area contributed by atoms with Crippen LogP contribution in [-0.4, -0.2) is 67.2 Å². The van der Waals surface area contributed by atoms with E-state index in [4.69, 9.17) is 0 Å². The lowest BCUT2D eigenvalue weighted by molar-refractivity contribution is 0.586. The van der Waals surface area contributed by atoms with Gasteiger partial charge in [0.15, 0.2) is 19.7 Å². The maximum Gasteiger partial charge on any atom is 0.236 e. The van der Waals surface area contributed by atoms with E-state index in [2.05, 4.69) is 9.44 Å². The summed E-state index contributed by atoms with van der Waals surface area (Å²) in [4.78, 5) is 0. The van der Waals surface area contributed by atoms with Crippen LogP contribution < -0.4 is 9.44 Å². The number of benzene rings is 1. The molecule has 28 heavy (non-hydrogen) atoms. The molecule has 158 valence electrons. The van der Waals surface area contributed by atoms with E-state index in [0.717, 1.165) is 0 Å². The molecule has 0 amide bonds. The summed E-state index contributed by atoms with van der Waals surface area (Å²) in [5, 5.41) is -2.25. The quantitative estimate of drug-likeness (QED) is 0.562. The molecule has 0 saturated carbocycles. The third-order valence-electron chi connectivity index (χ3n) is 4.69. The van der Waals surface area contributed by atoms with Gasteiger partial charge in [-0.2, -0.15) is 0 Å². The van der Waals surface area contributed by atoms with E-state index < -0.39 is 61.7 Å². The standard InChI is InChI=1S/C14H20N2O8S4/c17-25(18)7-5-11(9-25)27(21,22)15-13-3-1-2-4-14(13)16-28(23,24)12-6-8-26(19,20)10-12/h1-4,11-12,15-16H,5-10H2. The first-order valence-electron chi connectivity index (χ1n) is 8.33. The number of hydrogen-bond donors (Lipinski definition) is 2. The highest BCUT2D eigenvalue weighted by Gasteiger charge is 2.39. The van der Waals surface area contributed by atoms with Gasteiger partial charge in [-0.1, -0.05) is 12.1 Å². The van der Waals surface area contributed by atoms with Crippen LogP contribution in [0.3, 0.4) is 0 Å². The molecule has 0 aliphatic carbocycles. The van der Waals surface area contributed by atoms with Crippen molar-refractivity contribution >= 4 is 51.1 Å². The third-order valence-corrected chi connectivity index (χ3v) is 12.2. The molecule has 1 aromatic carbocycles. The highest BCUT2D eigenvalue weighted by atomic mass is 32.2. The maximum atomic E-state index is 12.5. The molecule has 0 aromatic heterocycles. The minimum atomic E-state index is -4.06. The van der Waals surface area contributed by atoms with Gasteiger partial charge in [0, 0.05) is 0 Å². The van der Waals surface area contributed by atoms with Gasteiger partial charge in [0.1, 0.15) is 0 Å². The monoisotopic (exact) mass is 472 g/mol. The van der Waals surface area contributed by atoms with E-state index in [1.807, 2.05) is 0 Å². The van der Waals surface area contributed by atoms with E-state index in [-0.39, 0.29) is 35.7 Å². The lowest BCUT2D eigenvalue weighted by atomic mass is 10.3. The van der Waals surface area contributed by atoms with Crippen molar-refractivity contribution in [3.8, 4) is 0 Å². The minimum Gasteiger partial charge on any atom is -0.281 e. The molecule has 2 saturated heterocycles. The number of nitrogens with one attached hydrogen (secondary N) is 2. The van der Waals surface area contributed by atoms with Crippen molar-refractivity contribution in [3.63, 3.8) is 0 Å². The van der Waals surface area contributed by atoms with Gasteiger partial charge in [-0.05, 0) is 25.0 Å². The Morgan fingerprint density at radius 2 is 1.07 bits per heavy atom. The Bertz CT molecular complexity index is 1090. The van der Waals surface area contributed by atoms with Crippen LogP contribution in [0.4, 0.5) is 11.4 Å². The van der Waals surface area contributed by atoms with Crippen molar-refractivity contribution in [2.45, 2.75) is 23.3 Å². The normalized spacial score (nSPS) is 26.7. The van der Waals surface area contributed by atoms with E-state index >= 15 is 0 Å². The molecular weight excluding hydrogens is 452 g/mol. The summed E-state index contributed by atoms with van der Waals surface area (Å²) in [6.45, 7) is 0. The molecule has 2 aliphatic heterocycles. The summed E-state index contributed by atoms with van der Waals surface area (Å²) in [6.07, 6.45) is -0.0724. The van der Waals surface area contributed by atoms with Crippen LogP contribution in [0.25, 0.3) is 0 Å². The second kappa shape index (κ2) is 7.15. The summed E-state index contributed by atoms with van der Waals surface area (Å²) < 4.78 is 101. The first-order valence-corrected chi connectivity index (χ1v) is 15.1. The molecule has 10 nitrogen and oxygen atoms in total. The molecule has 0 radical (unpaired) electrons. The lowest BCUT2D eigenvalue weighted by Crippen LogP contribution is -2.31. The second-order valence-electron chi connectivity index (χ2n) is 6.89. The lowest BCUT2D eigenvalue weighted by Gasteiger charge is -2.18. The molecule has 2 aliphatic rings. The summed E-state index contributed by atoms with van der Waals surface area (Å²) >= 11 is 0. The van der Waals surface area contributed by atoms with Gasteiger partial charge < -0.3 is 0 Å². The summed E-state index contributed by atoms with van der Waals surface area (Å²) in [5.41, 5.74) is -0.118. The largest absolute Gasteiger partial charge is 0.281 e. The smallest absolute Gasteiger partial charge is 0.236 e. The molecule has 2 atom stereocenters. The number of sulfone groups is 2. The molecule has 2 N–H and O–H groups in total. The first-order chi connectivity index (χ1) is 12.8. The fourth-order valence-corrected chi connectivity index (χ4v) is 11.4. The predicted octanol–water partition coefficient (Wildman–Crippen LogP) is -0.456. The van der Waals surface area contributed by atoms with Crippen LogP contribution in [0.1, 0.15) is 12.8 Å². The van der Waals surface area contributed by atoms with Crippen molar-refractivity contribution < 1.29 is 33.7 Å². The van der Waals surface area contributed by atoms with Crippen molar-refractivity contribution in [1.82, 2.24) is 0 Å². The Morgan fingerprint density at radius 1 is 0.714 bits per heavy atom. The average Bonchev–Trinajstić information content (AvgIpc) is 3.11. The molecule has 1 aromatic rings. The zero-order valence-corrected chi connectivity index (χ0v) is 17.9. The van der Waals surface area contributed by atoms with Crippen LogP contribution in [-0.2, 0) is 39.7 Å². The summed E-state index contributed by atoms with van der Waals surface area (Å²) in [5.74, 6) is -1.42. The van der Waals surface area contributed by atoms with Gasteiger partial charge in [-0.3, -0.25) is 9.44 Å². The molecular formula is C14H20N2O8S4. The number of hydrogen-bond acceptors (Lipinski definition) is 8. The Kier molecular flexibility index (Phi) is 5.44. The van der Waals surface area contributed by atoms with Crippen molar-refractivity contribution in [2.24, 2.45) is 0 Å². The number of anilines is 2. The zero-order chi connectivity index (χ0) is 20.8. The molecule has 3 rings (SSSR count). The summed E-state index contributed by atoms with van der Waals surface area (Å²) in [6, 6.07) is 5.65. The topological polar surface area (TPSA) is 161 Å². The number of para-hydroxylation sites is 2. The van der Waals surface area contributed by atoms with E-state index in [0.29, 0.717) is 0 Å². The Balaban J connectivity index is 1.82. The number of sulfonamides is 2. The Morgan fingerprint density at radius 3 is 1.36 bits per heavy atom. The van der Waals surface area contributed by atoms with Gasteiger partial charge in [0.05, 0.1) is 44.9 Å². The van der Waals surface area contributed by atoms with Crippen LogP contribution in [0.2, 0.25) is 0 Å². The van der Waals surface area contributed by atoms with Gasteiger partial charge >= 0.3 is 0 Å². The third kappa shape index (κ3) is 4.78. The first kappa shape index (κ1) is 21.3. The van der Waals surface area contributed by atoms with Crippen molar-refractivity contribution in [1.29, 1.82) is 0 Å². The van der Waals surface area contributed by atoms with Crippen molar-refractivity contribution in [3.05, 3.63) is 24.3 Å². The molecule has 0 bridgehead atoms. The van der Waals surface area contributed by atoms with Crippen molar-refractivity contribution in [2.75, 3.05) is 32.5 Å². The predicted molar refractivity (Wildman–Crippen MR) is 106 cm³/mol. The average molecular weight is 473 g/mol. The number of rotatable bonds is 6. The van der Waals surface area contributed by atoms with Crippen LogP contribution in [0.5, 0.6) is 0 Å². The molecule has 2 unspecified atom stereocenters. The van der Waals surface area contributed by atoms with Gasteiger partial charge in [-0.25, -0.2) is 33.7 Å². The van der Waals surface area contributed by atoms with Gasteiger partial charge in [0.25, 0.3) is 0 Å². The fourth-order valence-electron chi connectivity index (χ4n) is 3.15.